The molecule has 2 rings (SSSR count). The third-order valence-electron chi connectivity index (χ3n) is 2.38. The van der Waals surface area contributed by atoms with Crippen LogP contribution in [-0.4, -0.2) is 15.1 Å². The van der Waals surface area contributed by atoms with Gasteiger partial charge >= 0.3 is 0 Å². The van der Waals surface area contributed by atoms with Crippen molar-refractivity contribution in [1.29, 1.82) is 0 Å². The van der Waals surface area contributed by atoms with Crippen molar-refractivity contribution in [3.05, 3.63) is 51.8 Å². The van der Waals surface area contributed by atoms with E-state index in [0.29, 0.717) is 12.2 Å². The van der Waals surface area contributed by atoms with Crippen LogP contribution in [0.5, 0.6) is 0 Å². The molecule has 0 aliphatic heterocycles. The minimum Gasteiger partial charge on any atom is -0.374 e. The van der Waals surface area contributed by atoms with Gasteiger partial charge < -0.3 is 5.32 Å². The van der Waals surface area contributed by atoms with E-state index in [1.54, 1.807) is 18.3 Å². The van der Waals surface area contributed by atoms with E-state index in [0.717, 1.165) is 11.3 Å². The predicted molar refractivity (Wildman–Crippen MR) is 63.7 cm³/mol. The number of hydrogen-bond donors (Lipinski definition) is 2. The maximum Gasteiger partial charge on any atom is 0.292 e. The van der Waals surface area contributed by atoms with E-state index in [1.165, 1.54) is 0 Å². The number of benzene rings is 1. The molecule has 0 aliphatic rings. The van der Waals surface area contributed by atoms with E-state index in [-0.39, 0.29) is 10.6 Å². The highest BCUT2D eigenvalue weighted by Crippen LogP contribution is 2.25. The minimum absolute atomic E-state index is 0.0875. The zero-order valence-electron chi connectivity index (χ0n) is 9.30. The Bertz CT molecular complexity index is 522. The van der Waals surface area contributed by atoms with E-state index in [9.17, 15) is 10.1 Å². The average Bonchev–Trinajstić information content (AvgIpc) is 2.80. The molecule has 0 fully saturated rings. The van der Waals surface area contributed by atoms with Crippen LogP contribution in [0.3, 0.4) is 0 Å². The maximum atomic E-state index is 10.9. The highest BCUT2D eigenvalue weighted by Gasteiger charge is 2.13. The molecule has 0 bridgehead atoms. The Morgan fingerprint density at radius 2 is 2.29 bits per heavy atom. The van der Waals surface area contributed by atoms with Gasteiger partial charge in [-0.2, -0.15) is 5.10 Å². The molecule has 0 spiro atoms. The first-order valence-electron chi connectivity index (χ1n) is 5.14. The summed E-state index contributed by atoms with van der Waals surface area (Å²) in [6, 6.07) is 6.91. The topological polar surface area (TPSA) is 83.8 Å². The van der Waals surface area contributed by atoms with Crippen molar-refractivity contribution in [3.63, 3.8) is 0 Å². The Hall–Kier alpha value is -2.37. The first-order valence-corrected chi connectivity index (χ1v) is 5.14. The molecular weight excluding hydrogens is 220 g/mol. The van der Waals surface area contributed by atoms with Gasteiger partial charge in [0.15, 0.2) is 0 Å². The van der Waals surface area contributed by atoms with Crippen molar-refractivity contribution in [2.45, 2.75) is 13.5 Å². The lowest BCUT2D eigenvalue weighted by Crippen LogP contribution is -2.03. The lowest BCUT2D eigenvalue weighted by Gasteiger charge is -2.06. The smallest absolute Gasteiger partial charge is 0.292 e. The summed E-state index contributed by atoms with van der Waals surface area (Å²) < 4.78 is 0. The van der Waals surface area contributed by atoms with Gasteiger partial charge in [0.1, 0.15) is 5.69 Å². The molecule has 0 amide bonds. The van der Waals surface area contributed by atoms with Crippen LogP contribution in [0, 0.1) is 17.0 Å². The molecule has 2 N–H and O–H groups in total. The number of nitro groups is 1. The number of anilines is 1. The van der Waals surface area contributed by atoms with E-state index in [4.69, 9.17) is 0 Å². The summed E-state index contributed by atoms with van der Waals surface area (Å²) in [5, 5.41) is 20.5. The first kappa shape index (κ1) is 11.1. The quantitative estimate of drug-likeness (QED) is 0.625. The summed E-state index contributed by atoms with van der Waals surface area (Å²) >= 11 is 0. The molecule has 0 radical (unpaired) electrons. The number of aromatic amines is 1. The highest BCUT2D eigenvalue weighted by molar-refractivity contribution is 5.62. The fraction of sp³-hybridized carbons (Fsp3) is 0.182. The lowest BCUT2D eigenvalue weighted by molar-refractivity contribution is -0.384. The number of hydrogen-bond acceptors (Lipinski definition) is 4. The van der Waals surface area contributed by atoms with Gasteiger partial charge in [0, 0.05) is 12.3 Å². The van der Waals surface area contributed by atoms with Gasteiger partial charge in [-0.05, 0) is 24.6 Å². The van der Waals surface area contributed by atoms with Crippen LogP contribution in [0.2, 0.25) is 0 Å². The Kier molecular flexibility index (Phi) is 3.04. The maximum absolute atomic E-state index is 10.9. The zero-order chi connectivity index (χ0) is 12.3. The molecule has 0 saturated heterocycles. The molecule has 17 heavy (non-hydrogen) atoms. The normalized spacial score (nSPS) is 10.2. The zero-order valence-corrected chi connectivity index (χ0v) is 9.30. The highest BCUT2D eigenvalue weighted by atomic mass is 16.6. The Morgan fingerprint density at radius 1 is 1.47 bits per heavy atom. The molecule has 0 aliphatic carbocycles. The molecule has 88 valence electrons. The van der Waals surface area contributed by atoms with Crippen molar-refractivity contribution in [2.24, 2.45) is 0 Å². The molecule has 1 heterocycles. The summed E-state index contributed by atoms with van der Waals surface area (Å²) in [7, 11) is 0. The van der Waals surface area contributed by atoms with Crippen LogP contribution in [-0.2, 0) is 6.54 Å². The fourth-order valence-electron chi connectivity index (χ4n) is 1.52. The lowest BCUT2D eigenvalue weighted by atomic mass is 10.2. The van der Waals surface area contributed by atoms with Gasteiger partial charge in [0.25, 0.3) is 5.69 Å². The number of H-pyrrole nitrogens is 1. The molecule has 6 heteroatoms. The second-order valence-electron chi connectivity index (χ2n) is 3.71. The molecule has 0 saturated carbocycles. The van der Waals surface area contributed by atoms with Gasteiger partial charge in [-0.15, -0.1) is 0 Å². The van der Waals surface area contributed by atoms with E-state index in [2.05, 4.69) is 15.5 Å². The fourth-order valence-corrected chi connectivity index (χ4v) is 1.52. The SMILES string of the molecule is Cc1ccc(NCc2ccn[nH]2)c([N+](=O)[O-])c1. The van der Waals surface area contributed by atoms with Gasteiger partial charge in [0.05, 0.1) is 17.2 Å². The van der Waals surface area contributed by atoms with Crippen LogP contribution < -0.4 is 5.32 Å². The second kappa shape index (κ2) is 4.65. The van der Waals surface area contributed by atoms with Crippen LogP contribution in [0.15, 0.2) is 30.5 Å². The van der Waals surface area contributed by atoms with E-state index >= 15 is 0 Å². The summed E-state index contributed by atoms with van der Waals surface area (Å²) in [6.45, 7) is 2.30. The van der Waals surface area contributed by atoms with Crippen molar-refractivity contribution < 1.29 is 4.92 Å². The third kappa shape index (κ3) is 2.60. The summed E-state index contributed by atoms with van der Waals surface area (Å²) in [6.07, 6.45) is 1.64. The molecule has 0 atom stereocenters. The summed E-state index contributed by atoms with van der Waals surface area (Å²) in [4.78, 5) is 10.5. The Balaban J connectivity index is 2.17. The van der Waals surface area contributed by atoms with Gasteiger partial charge in [0.2, 0.25) is 0 Å². The van der Waals surface area contributed by atoms with Crippen molar-refractivity contribution in [1.82, 2.24) is 10.2 Å². The third-order valence-corrected chi connectivity index (χ3v) is 2.38. The number of aryl methyl sites for hydroxylation is 1. The summed E-state index contributed by atoms with van der Waals surface area (Å²) in [5.74, 6) is 0. The molecule has 2 aromatic rings. The van der Waals surface area contributed by atoms with Crippen molar-refractivity contribution in [2.75, 3.05) is 5.32 Å². The van der Waals surface area contributed by atoms with Gasteiger partial charge in [-0.3, -0.25) is 15.2 Å². The number of rotatable bonds is 4. The summed E-state index contributed by atoms with van der Waals surface area (Å²) in [5.41, 5.74) is 2.34. The van der Waals surface area contributed by atoms with Crippen LogP contribution in [0.25, 0.3) is 0 Å². The van der Waals surface area contributed by atoms with Crippen LogP contribution in [0.1, 0.15) is 11.3 Å². The first-order chi connectivity index (χ1) is 8.16. The minimum atomic E-state index is -0.387. The largest absolute Gasteiger partial charge is 0.374 e. The molecule has 0 unspecified atom stereocenters. The molecular formula is C11H12N4O2. The van der Waals surface area contributed by atoms with Crippen molar-refractivity contribution >= 4 is 11.4 Å². The van der Waals surface area contributed by atoms with E-state index in [1.807, 2.05) is 19.1 Å². The standard InChI is InChI=1S/C11H12N4O2/c1-8-2-3-10(11(6-8)15(16)17)12-7-9-4-5-13-14-9/h2-6,12H,7H2,1H3,(H,13,14). The molecule has 1 aromatic heterocycles. The predicted octanol–water partition coefficient (Wildman–Crippen LogP) is 2.24. The van der Waals surface area contributed by atoms with Crippen LogP contribution in [0.4, 0.5) is 11.4 Å². The van der Waals surface area contributed by atoms with Crippen molar-refractivity contribution in [3.8, 4) is 0 Å². The van der Waals surface area contributed by atoms with E-state index < -0.39 is 0 Å². The number of nitro benzene ring substituents is 1. The van der Waals surface area contributed by atoms with Gasteiger partial charge in [-0.1, -0.05) is 6.07 Å². The van der Waals surface area contributed by atoms with Gasteiger partial charge in [-0.25, -0.2) is 0 Å². The number of aromatic nitrogens is 2. The molecule has 1 aromatic carbocycles. The molecule has 6 nitrogen and oxygen atoms in total. The van der Waals surface area contributed by atoms with Crippen LogP contribution >= 0.6 is 0 Å². The average molecular weight is 232 g/mol. The Morgan fingerprint density at radius 3 is 2.94 bits per heavy atom. The Labute approximate surface area is 97.8 Å². The number of nitrogens with one attached hydrogen (secondary N) is 2. The number of nitrogens with zero attached hydrogens (tertiary/aromatic N) is 2. The second-order valence-corrected chi connectivity index (χ2v) is 3.71. The monoisotopic (exact) mass is 232 g/mol.